The average molecular weight is 398 g/mol. The lowest BCUT2D eigenvalue weighted by molar-refractivity contribution is 0.0954. The van der Waals surface area contributed by atoms with Crippen LogP contribution in [0.5, 0.6) is 5.88 Å². The van der Waals surface area contributed by atoms with E-state index in [4.69, 9.17) is 0 Å². The number of rotatable bonds is 4. The molecule has 4 rings (SSSR count). The van der Waals surface area contributed by atoms with Crippen LogP contribution in [0, 0.1) is 6.92 Å². The fraction of sp³-hybridized carbons (Fsp3) is 0.0435. The Balaban J connectivity index is 1.80. The van der Waals surface area contributed by atoms with Crippen molar-refractivity contribution >= 4 is 22.9 Å². The molecule has 0 fully saturated rings. The van der Waals surface area contributed by atoms with Crippen molar-refractivity contribution in [2.75, 3.05) is 0 Å². The molecule has 0 radical (unpaired) electrons. The summed E-state index contributed by atoms with van der Waals surface area (Å²) in [6, 6.07) is 17.4. The van der Waals surface area contributed by atoms with Crippen molar-refractivity contribution < 1.29 is 9.90 Å². The van der Waals surface area contributed by atoms with Crippen LogP contribution in [0.1, 0.15) is 21.5 Å². The molecule has 7 heteroatoms. The SMILES string of the molecule is Cc1ccc(-n2c(O)c(/C=N\NC(=O)c3cccnc3)c3ccccc3c2=O)cc1. The summed E-state index contributed by atoms with van der Waals surface area (Å²) in [5.41, 5.74) is 4.31. The van der Waals surface area contributed by atoms with E-state index in [1.54, 1.807) is 54.7 Å². The number of aromatic hydroxyl groups is 1. The van der Waals surface area contributed by atoms with Crippen molar-refractivity contribution in [3.8, 4) is 11.6 Å². The van der Waals surface area contributed by atoms with Gasteiger partial charge in [-0.2, -0.15) is 5.10 Å². The lowest BCUT2D eigenvalue weighted by Crippen LogP contribution is -2.21. The number of fused-ring (bicyclic) bond motifs is 1. The molecule has 148 valence electrons. The van der Waals surface area contributed by atoms with Gasteiger partial charge in [0.25, 0.3) is 11.5 Å². The highest BCUT2D eigenvalue weighted by molar-refractivity contribution is 6.02. The summed E-state index contributed by atoms with van der Waals surface area (Å²) in [4.78, 5) is 29.1. The number of nitrogens with one attached hydrogen (secondary N) is 1. The number of carbonyl (C=O) groups excluding carboxylic acids is 1. The molecule has 0 atom stereocenters. The summed E-state index contributed by atoms with van der Waals surface area (Å²) >= 11 is 0. The number of amides is 1. The van der Waals surface area contributed by atoms with Gasteiger partial charge in [0.1, 0.15) is 0 Å². The number of nitrogens with zero attached hydrogens (tertiary/aromatic N) is 3. The van der Waals surface area contributed by atoms with Crippen molar-refractivity contribution in [1.82, 2.24) is 15.0 Å². The minimum Gasteiger partial charge on any atom is -0.494 e. The molecule has 7 nitrogen and oxygen atoms in total. The number of aromatic nitrogens is 2. The summed E-state index contributed by atoms with van der Waals surface area (Å²) in [5, 5.41) is 15.9. The van der Waals surface area contributed by atoms with Crippen molar-refractivity contribution in [3.63, 3.8) is 0 Å². The predicted octanol–water partition coefficient (Wildman–Crippen LogP) is 3.16. The van der Waals surface area contributed by atoms with E-state index in [-0.39, 0.29) is 11.4 Å². The Morgan fingerprint density at radius 1 is 1.07 bits per heavy atom. The number of hydrazone groups is 1. The Morgan fingerprint density at radius 2 is 1.80 bits per heavy atom. The number of hydrogen-bond donors (Lipinski definition) is 2. The largest absolute Gasteiger partial charge is 0.494 e. The molecule has 0 aliphatic rings. The van der Waals surface area contributed by atoms with Gasteiger partial charge < -0.3 is 5.11 Å². The molecule has 2 aromatic carbocycles. The first kappa shape index (κ1) is 19.1. The molecule has 1 amide bonds. The lowest BCUT2D eigenvalue weighted by atomic mass is 10.1. The predicted molar refractivity (Wildman–Crippen MR) is 115 cm³/mol. The topological polar surface area (TPSA) is 96.6 Å². The molecule has 0 bridgehead atoms. The van der Waals surface area contributed by atoms with Gasteiger partial charge in [-0.3, -0.25) is 14.6 Å². The van der Waals surface area contributed by atoms with Gasteiger partial charge in [0, 0.05) is 23.2 Å². The van der Waals surface area contributed by atoms with Gasteiger partial charge in [-0.1, -0.05) is 35.9 Å². The molecule has 30 heavy (non-hydrogen) atoms. The van der Waals surface area contributed by atoms with E-state index in [2.05, 4.69) is 15.5 Å². The van der Waals surface area contributed by atoms with E-state index in [9.17, 15) is 14.7 Å². The van der Waals surface area contributed by atoms with Gasteiger partial charge in [-0.25, -0.2) is 9.99 Å². The maximum Gasteiger partial charge on any atom is 0.272 e. The number of benzene rings is 2. The summed E-state index contributed by atoms with van der Waals surface area (Å²) < 4.78 is 1.23. The first-order valence-corrected chi connectivity index (χ1v) is 9.23. The normalized spacial score (nSPS) is 11.1. The summed E-state index contributed by atoms with van der Waals surface area (Å²) in [6.45, 7) is 1.94. The minimum absolute atomic E-state index is 0.262. The van der Waals surface area contributed by atoms with Crippen molar-refractivity contribution in [1.29, 1.82) is 0 Å². The molecule has 4 aromatic rings. The second-order valence-electron chi connectivity index (χ2n) is 6.70. The van der Waals surface area contributed by atoms with Crippen LogP contribution in [-0.4, -0.2) is 26.8 Å². The monoisotopic (exact) mass is 398 g/mol. The van der Waals surface area contributed by atoms with Crippen LogP contribution >= 0.6 is 0 Å². The molecule has 2 aromatic heterocycles. The van der Waals surface area contributed by atoms with Crippen LogP contribution in [0.3, 0.4) is 0 Å². The smallest absolute Gasteiger partial charge is 0.272 e. The van der Waals surface area contributed by atoms with Crippen LogP contribution in [0.4, 0.5) is 0 Å². The van der Waals surface area contributed by atoms with Gasteiger partial charge in [0.15, 0.2) is 0 Å². The molecule has 0 unspecified atom stereocenters. The van der Waals surface area contributed by atoms with Crippen LogP contribution in [0.2, 0.25) is 0 Å². The van der Waals surface area contributed by atoms with Crippen LogP contribution in [0.15, 0.2) is 83.0 Å². The van der Waals surface area contributed by atoms with E-state index < -0.39 is 5.91 Å². The van der Waals surface area contributed by atoms with Gasteiger partial charge in [0.05, 0.1) is 23.0 Å². The van der Waals surface area contributed by atoms with Gasteiger partial charge in [0.2, 0.25) is 5.88 Å². The number of carbonyl (C=O) groups is 1. The summed E-state index contributed by atoms with van der Waals surface area (Å²) in [5.74, 6) is -0.697. The second-order valence-corrected chi connectivity index (χ2v) is 6.70. The Bertz CT molecular complexity index is 1310. The highest BCUT2D eigenvalue weighted by Gasteiger charge is 2.16. The summed E-state index contributed by atoms with van der Waals surface area (Å²) in [7, 11) is 0. The standard InChI is InChI=1S/C23H18N4O3/c1-15-8-10-17(11-9-15)27-22(29)19-7-3-2-6-18(19)20(23(27)30)14-25-26-21(28)16-5-4-12-24-13-16/h2-14,30H,1H3,(H,26,28)/b25-14-. The minimum atomic E-state index is -0.435. The van der Waals surface area contributed by atoms with E-state index >= 15 is 0 Å². The molecule has 0 spiro atoms. The van der Waals surface area contributed by atoms with Crippen molar-refractivity contribution in [2.24, 2.45) is 5.10 Å². The Morgan fingerprint density at radius 3 is 2.50 bits per heavy atom. The van der Waals surface area contributed by atoms with E-state index in [0.717, 1.165) is 5.56 Å². The molecular weight excluding hydrogens is 380 g/mol. The van der Waals surface area contributed by atoms with Crippen molar-refractivity contribution in [3.05, 3.63) is 100 Å². The van der Waals surface area contributed by atoms with E-state index in [0.29, 0.717) is 27.6 Å². The molecule has 0 aliphatic carbocycles. The van der Waals surface area contributed by atoms with Crippen LogP contribution in [0.25, 0.3) is 16.5 Å². The van der Waals surface area contributed by atoms with Gasteiger partial charge in [-0.15, -0.1) is 0 Å². The van der Waals surface area contributed by atoms with E-state index in [1.807, 2.05) is 19.1 Å². The Kier molecular flexibility index (Phi) is 5.09. The quantitative estimate of drug-likeness (QED) is 0.408. The van der Waals surface area contributed by atoms with Gasteiger partial charge in [-0.05, 0) is 37.3 Å². The molecule has 0 aliphatic heterocycles. The van der Waals surface area contributed by atoms with Crippen LogP contribution in [-0.2, 0) is 0 Å². The third-order valence-electron chi connectivity index (χ3n) is 4.68. The molecule has 2 heterocycles. The maximum atomic E-state index is 13.0. The first-order valence-electron chi connectivity index (χ1n) is 9.23. The third-order valence-corrected chi connectivity index (χ3v) is 4.68. The molecule has 0 saturated carbocycles. The molecule has 0 saturated heterocycles. The number of hydrogen-bond acceptors (Lipinski definition) is 5. The fourth-order valence-corrected chi connectivity index (χ4v) is 3.14. The Hall–Kier alpha value is -4.26. The summed E-state index contributed by atoms with van der Waals surface area (Å²) in [6.07, 6.45) is 4.32. The number of aryl methyl sites for hydroxylation is 1. The molecule has 2 N–H and O–H groups in total. The highest BCUT2D eigenvalue weighted by atomic mass is 16.3. The number of pyridine rings is 2. The van der Waals surface area contributed by atoms with Crippen molar-refractivity contribution in [2.45, 2.75) is 6.92 Å². The Labute approximate surface area is 172 Å². The zero-order chi connectivity index (χ0) is 21.1. The van der Waals surface area contributed by atoms with Gasteiger partial charge >= 0.3 is 0 Å². The van der Waals surface area contributed by atoms with E-state index in [1.165, 1.54) is 17.0 Å². The third kappa shape index (κ3) is 3.56. The molecular formula is C23H18N4O3. The fourth-order valence-electron chi connectivity index (χ4n) is 3.14. The second kappa shape index (κ2) is 8.00. The zero-order valence-corrected chi connectivity index (χ0v) is 16.1. The maximum absolute atomic E-state index is 13.0. The first-order chi connectivity index (χ1) is 14.6. The average Bonchev–Trinajstić information content (AvgIpc) is 2.78. The van der Waals surface area contributed by atoms with Crippen LogP contribution < -0.4 is 11.0 Å². The highest BCUT2D eigenvalue weighted by Crippen LogP contribution is 2.25. The lowest BCUT2D eigenvalue weighted by Gasteiger charge is -2.13. The zero-order valence-electron chi connectivity index (χ0n) is 16.1.